The van der Waals surface area contributed by atoms with Gasteiger partial charge in [-0.05, 0) is 24.3 Å². The normalized spacial score (nSPS) is 10.1. The molecule has 0 aliphatic carbocycles. The molecule has 0 unspecified atom stereocenters. The van der Waals surface area contributed by atoms with Gasteiger partial charge in [0.15, 0.2) is 5.82 Å². The van der Waals surface area contributed by atoms with Crippen molar-refractivity contribution in [1.82, 2.24) is 4.98 Å². The largest absolute Gasteiger partial charge is 0.497 e. The molecule has 19 heavy (non-hydrogen) atoms. The number of benzene rings is 1. The van der Waals surface area contributed by atoms with E-state index in [4.69, 9.17) is 9.47 Å². The topological polar surface area (TPSA) is 48.4 Å². The first-order valence-corrected chi connectivity index (χ1v) is 5.54. The maximum absolute atomic E-state index is 13.6. The van der Waals surface area contributed by atoms with E-state index in [0.717, 1.165) is 0 Å². The van der Waals surface area contributed by atoms with Crippen molar-refractivity contribution < 1.29 is 18.7 Å². The van der Waals surface area contributed by atoms with Crippen molar-refractivity contribution >= 4 is 5.78 Å². The number of halogens is 1. The zero-order valence-corrected chi connectivity index (χ0v) is 10.5. The van der Waals surface area contributed by atoms with E-state index in [1.165, 1.54) is 38.6 Å². The Morgan fingerprint density at radius 3 is 2.63 bits per heavy atom. The molecular formula is C14H12FNO3. The highest BCUT2D eigenvalue weighted by Gasteiger charge is 2.19. The van der Waals surface area contributed by atoms with E-state index >= 15 is 0 Å². The fraction of sp³-hybridized carbons (Fsp3) is 0.143. The van der Waals surface area contributed by atoms with Crippen LogP contribution in [-0.4, -0.2) is 25.0 Å². The molecule has 0 bridgehead atoms. The lowest BCUT2D eigenvalue weighted by atomic mass is 10.1. The molecule has 1 aromatic heterocycles. The van der Waals surface area contributed by atoms with Crippen LogP contribution in [0.3, 0.4) is 0 Å². The summed E-state index contributed by atoms with van der Waals surface area (Å²) in [6, 6.07) is 7.31. The van der Waals surface area contributed by atoms with Crippen LogP contribution in [0.5, 0.6) is 11.5 Å². The Bertz CT molecular complexity index is 613. The second-order valence-electron chi connectivity index (χ2n) is 3.73. The molecule has 0 spiro atoms. The van der Waals surface area contributed by atoms with Gasteiger partial charge in [-0.3, -0.25) is 4.79 Å². The molecule has 0 saturated carbocycles. The first-order chi connectivity index (χ1) is 9.17. The smallest absolute Gasteiger partial charge is 0.218 e. The minimum atomic E-state index is -0.662. The van der Waals surface area contributed by atoms with E-state index < -0.39 is 11.6 Å². The maximum atomic E-state index is 13.6. The molecule has 2 rings (SSSR count). The number of hydrogen-bond acceptors (Lipinski definition) is 4. The van der Waals surface area contributed by atoms with E-state index in [9.17, 15) is 9.18 Å². The fourth-order valence-electron chi connectivity index (χ4n) is 1.67. The van der Waals surface area contributed by atoms with Crippen LogP contribution in [0.15, 0.2) is 36.5 Å². The van der Waals surface area contributed by atoms with E-state index in [1.807, 2.05) is 0 Å². The highest BCUT2D eigenvalue weighted by Crippen LogP contribution is 2.26. The van der Waals surface area contributed by atoms with Crippen LogP contribution in [-0.2, 0) is 0 Å². The Balaban J connectivity index is 2.47. The zero-order valence-electron chi connectivity index (χ0n) is 10.5. The van der Waals surface area contributed by atoms with Gasteiger partial charge in [-0.1, -0.05) is 0 Å². The van der Waals surface area contributed by atoms with Crippen molar-refractivity contribution in [1.29, 1.82) is 0 Å². The summed E-state index contributed by atoms with van der Waals surface area (Å²) < 4.78 is 23.7. The quantitative estimate of drug-likeness (QED) is 0.793. The highest BCUT2D eigenvalue weighted by atomic mass is 19.1. The van der Waals surface area contributed by atoms with Crippen LogP contribution in [0, 0.1) is 5.82 Å². The molecule has 4 nitrogen and oxygen atoms in total. The van der Waals surface area contributed by atoms with Gasteiger partial charge < -0.3 is 9.47 Å². The molecule has 0 N–H and O–H groups in total. The molecule has 0 amide bonds. The van der Waals surface area contributed by atoms with Crippen LogP contribution in [0.1, 0.15) is 16.1 Å². The lowest BCUT2D eigenvalue weighted by molar-refractivity contribution is 0.102. The van der Waals surface area contributed by atoms with Crippen molar-refractivity contribution in [3.8, 4) is 11.5 Å². The van der Waals surface area contributed by atoms with Crippen LogP contribution in [0.25, 0.3) is 0 Å². The Morgan fingerprint density at radius 2 is 2.00 bits per heavy atom. The Labute approximate surface area is 109 Å². The van der Waals surface area contributed by atoms with Crippen molar-refractivity contribution in [3.63, 3.8) is 0 Å². The molecule has 1 aromatic carbocycles. The first kappa shape index (κ1) is 13.0. The molecule has 0 saturated heterocycles. The molecule has 1 heterocycles. The number of pyridine rings is 1. The van der Waals surface area contributed by atoms with Gasteiger partial charge in [0.05, 0.1) is 19.8 Å². The number of nitrogens with zero attached hydrogens (tertiary/aromatic N) is 1. The van der Waals surface area contributed by atoms with Gasteiger partial charge in [-0.15, -0.1) is 0 Å². The van der Waals surface area contributed by atoms with Crippen LogP contribution in [0.4, 0.5) is 4.39 Å². The van der Waals surface area contributed by atoms with Crippen LogP contribution < -0.4 is 9.47 Å². The second-order valence-corrected chi connectivity index (χ2v) is 3.73. The predicted molar refractivity (Wildman–Crippen MR) is 67.2 cm³/mol. The molecule has 0 atom stereocenters. The van der Waals surface area contributed by atoms with Crippen molar-refractivity contribution in [2.24, 2.45) is 0 Å². The highest BCUT2D eigenvalue weighted by molar-refractivity contribution is 6.09. The predicted octanol–water partition coefficient (Wildman–Crippen LogP) is 2.47. The minimum Gasteiger partial charge on any atom is -0.497 e. The van der Waals surface area contributed by atoms with Crippen molar-refractivity contribution in [3.05, 3.63) is 53.6 Å². The van der Waals surface area contributed by atoms with E-state index in [-0.39, 0.29) is 11.3 Å². The van der Waals surface area contributed by atoms with Gasteiger partial charge in [0.25, 0.3) is 0 Å². The molecule has 5 heteroatoms. The van der Waals surface area contributed by atoms with Gasteiger partial charge in [0, 0.05) is 12.3 Å². The van der Waals surface area contributed by atoms with Crippen LogP contribution in [0.2, 0.25) is 0 Å². The number of ether oxygens (including phenoxy) is 2. The summed E-state index contributed by atoms with van der Waals surface area (Å²) in [4.78, 5) is 16.0. The summed E-state index contributed by atoms with van der Waals surface area (Å²) in [6.45, 7) is 0. The average Bonchev–Trinajstić information content (AvgIpc) is 2.46. The summed E-state index contributed by atoms with van der Waals surface area (Å²) in [5.41, 5.74) is 0.00636. The van der Waals surface area contributed by atoms with Gasteiger partial charge in [-0.2, -0.15) is 0 Å². The van der Waals surface area contributed by atoms with Gasteiger partial charge in [0.1, 0.15) is 17.2 Å². The summed E-state index contributed by atoms with van der Waals surface area (Å²) in [5, 5.41) is 0. The van der Waals surface area contributed by atoms with Gasteiger partial charge >= 0.3 is 0 Å². The van der Waals surface area contributed by atoms with Crippen LogP contribution >= 0.6 is 0 Å². The summed E-state index contributed by atoms with van der Waals surface area (Å²) in [5.74, 6) is -0.327. The average molecular weight is 261 g/mol. The number of carbonyl (C=O) groups is 1. The lowest BCUT2D eigenvalue weighted by Gasteiger charge is -2.09. The third-order valence-electron chi connectivity index (χ3n) is 2.63. The Kier molecular flexibility index (Phi) is 3.75. The standard InChI is InChI=1S/C14H12FNO3/c1-18-9-5-6-10(12(8-9)19-2)14(17)13-11(15)4-3-7-16-13/h3-8H,1-2H3. The lowest BCUT2D eigenvalue weighted by Crippen LogP contribution is -2.08. The third-order valence-corrected chi connectivity index (χ3v) is 2.63. The summed E-state index contributed by atoms with van der Waals surface area (Å²) >= 11 is 0. The zero-order chi connectivity index (χ0) is 13.8. The molecule has 0 aliphatic heterocycles. The fourth-order valence-corrected chi connectivity index (χ4v) is 1.67. The second kappa shape index (κ2) is 5.48. The number of rotatable bonds is 4. The number of methoxy groups -OCH3 is 2. The number of ketones is 1. The maximum Gasteiger partial charge on any atom is 0.218 e. The number of aromatic nitrogens is 1. The number of hydrogen-bond donors (Lipinski definition) is 0. The molecule has 0 radical (unpaired) electrons. The van der Waals surface area contributed by atoms with Gasteiger partial charge in [0.2, 0.25) is 5.78 Å². The molecule has 0 aliphatic rings. The van der Waals surface area contributed by atoms with E-state index in [1.54, 1.807) is 12.1 Å². The monoisotopic (exact) mass is 261 g/mol. The van der Waals surface area contributed by atoms with E-state index in [2.05, 4.69) is 4.98 Å². The Hall–Kier alpha value is -2.43. The molecule has 0 fully saturated rings. The molecular weight excluding hydrogens is 249 g/mol. The molecule has 98 valence electrons. The minimum absolute atomic E-state index is 0.231. The SMILES string of the molecule is COc1ccc(C(=O)c2ncccc2F)c(OC)c1. The summed E-state index contributed by atoms with van der Waals surface area (Å²) in [6.07, 6.45) is 1.37. The van der Waals surface area contributed by atoms with E-state index in [0.29, 0.717) is 11.5 Å². The number of carbonyl (C=O) groups excluding carboxylic acids is 1. The Morgan fingerprint density at radius 1 is 1.21 bits per heavy atom. The molecule has 2 aromatic rings. The van der Waals surface area contributed by atoms with Crippen molar-refractivity contribution in [2.45, 2.75) is 0 Å². The third kappa shape index (κ3) is 2.54. The first-order valence-electron chi connectivity index (χ1n) is 5.54. The van der Waals surface area contributed by atoms with Crippen molar-refractivity contribution in [2.75, 3.05) is 14.2 Å². The summed E-state index contributed by atoms with van der Waals surface area (Å²) in [7, 11) is 2.94. The van der Waals surface area contributed by atoms with Gasteiger partial charge in [-0.25, -0.2) is 9.37 Å².